The molecule has 3 nitrogen and oxygen atoms in total. The zero-order chi connectivity index (χ0) is 15.7. The first-order chi connectivity index (χ1) is 9.71. The van der Waals surface area contributed by atoms with Gasteiger partial charge in [0.15, 0.2) is 0 Å². The van der Waals surface area contributed by atoms with Gasteiger partial charge in [-0.1, -0.05) is 41.4 Å². The monoisotopic (exact) mass is 359 g/mol. The predicted octanol–water partition coefficient (Wildman–Crippen LogP) is 3.82. The summed E-state index contributed by atoms with van der Waals surface area (Å²) in [6, 6.07) is 8.00. The van der Waals surface area contributed by atoms with Crippen molar-refractivity contribution in [3.8, 4) is 0 Å². The molecule has 0 unspecified atom stereocenters. The van der Waals surface area contributed by atoms with E-state index in [4.69, 9.17) is 23.2 Å². The summed E-state index contributed by atoms with van der Waals surface area (Å²) < 4.78 is 41.7. The van der Waals surface area contributed by atoms with E-state index in [1.54, 1.807) is 18.2 Å². The smallest absolute Gasteiger partial charge is 0.348 e. The number of ether oxygens (including phenoxy) is 1. The van der Waals surface area contributed by atoms with Crippen LogP contribution in [0.5, 0.6) is 0 Å². The highest BCUT2D eigenvalue weighted by Crippen LogP contribution is 2.56. The number of para-hydroxylation sites is 1. The number of carbonyl (C=O) groups excluding carboxylic acids is 1. The summed E-state index contributed by atoms with van der Waals surface area (Å²) in [6.45, 7) is -0.249. The quantitative estimate of drug-likeness (QED) is 0.815. The Bertz CT molecular complexity index is 531. The van der Waals surface area contributed by atoms with Crippen LogP contribution in [0.4, 0.5) is 18.9 Å². The lowest BCUT2D eigenvalue weighted by molar-refractivity contribution is -0.244. The molecule has 116 valence electrons. The lowest BCUT2D eigenvalue weighted by atomic mass is 10.2. The Balaban J connectivity index is 2.31. The standard InChI is InChI=1S/C12H10Cl2F3NO2S/c13-10(9(19)18-8-4-2-1-3-5-8)11(14,12(15,16)17)20-6-7-21-10/h1-5H,6-7H2,(H,18,19)/t10-,11-/m1/s1. The van der Waals surface area contributed by atoms with Crippen molar-refractivity contribution in [2.75, 3.05) is 17.7 Å². The molecule has 9 heteroatoms. The summed E-state index contributed by atoms with van der Waals surface area (Å²) in [4.78, 5) is 12.2. The number of thioether (sulfide) groups is 1. The maximum Gasteiger partial charge on any atom is 0.435 e. The minimum absolute atomic E-state index is 0.121. The van der Waals surface area contributed by atoms with Gasteiger partial charge in [0.1, 0.15) is 0 Å². The van der Waals surface area contributed by atoms with Crippen molar-refractivity contribution in [2.24, 2.45) is 0 Å². The largest absolute Gasteiger partial charge is 0.435 e. The van der Waals surface area contributed by atoms with Crippen LogP contribution in [-0.4, -0.2) is 33.7 Å². The van der Waals surface area contributed by atoms with Gasteiger partial charge in [0, 0.05) is 11.4 Å². The van der Waals surface area contributed by atoms with E-state index in [9.17, 15) is 18.0 Å². The second kappa shape index (κ2) is 5.87. The molecular formula is C12H10Cl2F3NO2S. The number of hydrogen-bond acceptors (Lipinski definition) is 3. The molecule has 1 fully saturated rings. The van der Waals surface area contributed by atoms with E-state index >= 15 is 0 Å². The topological polar surface area (TPSA) is 38.3 Å². The Morgan fingerprint density at radius 3 is 2.48 bits per heavy atom. The fraction of sp³-hybridized carbons (Fsp3) is 0.417. The molecule has 1 aromatic carbocycles. The van der Waals surface area contributed by atoms with Gasteiger partial charge in [-0.2, -0.15) is 13.2 Å². The van der Waals surface area contributed by atoms with Crippen molar-refractivity contribution in [1.29, 1.82) is 0 Å². The van der Waals surface area contributed by atoms with Crippen molar-refractivity contribution in [3.63, 3.8) is 0 Å². The molecule has 1 N–H and O–H groups in total. The molecule has 0 saturated carbocycles. The third-order valence-corrected chi connectivity index (χ3v) is 5.61. The van der Waals surface area contributed by atoms with E-state index in [0.717, 1.165) is 0 Å². The second-order valence-corrected chi connectivity index (χ2v) is 6.84. The van der Waals surface area contributed by atoms with Crippen LogP contribution in [-0.2, 0) is 9.53 Å². The normalized spacial score (nSPS) is 30.0. The molecule has 2 atom stereocenters. The third kappa shape index (κ3) is 2.97. The van der Waals surface area contributed by atoms with E-state index in [1.165, 1.54) is 12.1 Å². The molecule has 0 bridgehead atoms. The van der Waals surface area contributed by atoms with Crippen molar-refractivity contribution in [2.45, 2.75) is 15.4 Å². The Hall–Kier alpha value is -0.630. The molecule has 2 rings (SSSR count). The number of benzene rings is 1. The van der Waals surface area contributed by atoms with E-state index < -0.39 is 21.3 Å². The number of alkyl halides is 5. The number of rotatable bonds is 2. The van der Waals surface area contributed by atoms with E-state index in [2.05, 4.69) is 10.1 Å². The van der Waals surface area contributed by atoms with Gasteiger partial charge < -0.3 is 10.1 Å². The van der Waals surface area contributed by atoms with E-state index in [1.807, 2.05) is 0 Å². The van der Waals surface area contributed by atoms with Crippen LogP contribution in [0, 0.1) is 0 Å². The third-order valence-electron chi connectivity index (χ3n) is 2.79. The molecule has 0 aliphatic carbocycles. The first-order valence-corrected chi connectivity index (χ1v) is 7.54. The van der Waals surface area contributed by atoms with Gasteiger partial charge >= 0.3 is 6.18 Å². The predicted molar refractivity (Wildman–Crippen MR) is 76.7 cm³/mol. The van der Waals surface area contributed by atoms with E-state index in [0.29, 0.717) is 17.4 Å². The number of halogens is 5. The number of nitrogens with one attached hydrogen (secondary N) is 1. The molecule has 0 radical (unpaired) electrons. The molecule has 0 aromatic heterocycles. The Morgan fingerprint density at radius 2 is 1.90 bits per heavy atom. The Kier molecular flexibility index (Phi) is 4.68. The number of anilines is 1. The van der Waals surface area contributed by atoms with Crippen LogP contribution in [0.2, 0.25) is 0 Å². The summed E-state index contributed by atoms with van der Waals surface area (Å²) >= 11 is 12.1. The average molecular weight is 360 g/mol. The summed E-state index contributed by atoms with van der Waals surface area (Å²) in [6.07, 6.45) is -5.00. The van der Waals surface area contributed by atoms with E-state index in [-0.39, 0.29) is 12.4 Å². The highest BCUT2D eigenvalue weighted by atomic mass is 35.5. The van der Waals surface area contributed by atoms with Gasteiger partial charge in [-0.25, -0.2) is 0 Å². The zero-order valence-corrected chi connectivity index (χ0v) is 12.7. The lowest BCUT2D eigenvalue weighted by Gasteiger charge is -2.43. The van der Waals surface area contributed by atoms with Crippen molar-refractivity contribution in [1.82, 2.24) is 0 Å². The number of amides is 1. The molecule has 21 heavy (non-hydrogen) atoms. The highest BCUT2D eigenvalue weighted by Gasteiger charge is 2.72. The fourth-order valence-corrected chi connectivity index (χ4v) is 3.52. The van der Waals surface area contributed by atoms with Gasteiger partial charge in [0.05, 0.1) is 6.61 Å². The van der Waals surface area contributed by atoms with Gasteiger partial charge in [0.25, 0.3) is 11.0 Å². The van der Waals surface area contributed by atoms with Crippen LogP contribution in [0.15, 0.2) is 30.3 Å². The second-order valence-electron chi connectivity index (χ2n) is 4.21. The van der Waals surface area contributed by atoms with Crippen LogP contribution >= 0.6 is 35.0 Å². The summed E-state index contributed by atoms with van der Waals surface area (Å²) in [7, 11) is 0. The average Bonchev–Trinajstić information content (AvgIpc) is 2.42. The maximum absolute atomic E-state index is 13.2. The van der Waals surface area contributed by atoms with Gasteiger partial charge in [-0.15, -0.1) is 11.8 Å². The van der Waals surface area contributed by atoms with Crippen LogP contribution in [0.1, 0.15) is 0 Å². The zero-order valence-electron chi connectivity index (χ0n) is 10.4. The molecule has 1 aliphatic rings. The Labute approximate surface area is 133 Å². The summed E-state index contributed by atoms with van der Waals surface area (Å²) in [5.41, 5.74) is 0.315. The first kappa shape index (κ1) is 16.7. The fourth-order valence-electron chi connectivity index (χ4n) is 1.76. The minimum Gasteiger partial charge on any atom is -0.348 e. The first-order valence-electron chi connectivity index (χ1n) is 5.80. The SMILES string of the molecule is O=C(Nc1ccccc1)[C@@]1(Cl)SCCO[C@@]1(Cl)C(F)(F)F. The molecule has 1 amide bonds. The lowest BCUT2D eigenvalue weighted by Crippen LogP contribution is -2.63. The van der Waals surface area contributed by atoms with Crippen molar-refractivity contribution >= 4 is 46.6 Å². The molecule has 1 saturated heterocycles. The number of hydrogen-bond donors (Lipinski definition) is 1. The Morgan fingerprint density at radius 1 is 1.29 bits per heavy atom. The van der Waals surface area contributed by atoms with Crippen LogP contribution in [0.25, 0.3) is 0 Å². The highest BCUT2D eigenvalue weighted by molar-refractivity contribution is 8.03. The van der Waals surface area contributed by atoms with Crippen molar-refractivity contribution in [3.05, 3.63) is 30.3 Å². The molecule has 0 spiro atoms. The maximum atomic E-state index is 13.2. The molecule has 1 heterocycles. The van der Waals surface area contributed by atoms with Gasteiger partial charge in [-0.05, 0) is 12.1 Å². The van der Waals surface area contributed by atoms with Crippen LogP contribution in [0.3, 0.4) is 0 Å². The molecule has 1 aromatic rings. The molecular weight excluding hydrogens is 350 g/mol. The van der Waals surface area contributed by atoms with Crippen molar-refractivity contribution < 1.29 is 22.7 Å². The summed E-state index contributed by atoms with van der Waals surface area (Å²) in [5.74, 6) is -0.955. The number of carbonyl (C=O) groups is 1. The summed E-state index contributed by atoms with van der Waals surface area (Å²) in [5, 5.41) is -0.965. The van der Waals surface area contributed by atoms with Gasteiger partial charge in [0.2, 0.25) is 4.21 Å². The minimum atomic E-state index is -5.00. The molecule has 1 aliphatic heterocycles. The van der Waals surface area contributed by atoms with Gasteiger partial charge in [-0.3, -0.25) is 4.79 Å². The van der Waals surface area contributed by atoms with Crippen LogP contribution < -0.4 is 5.32 Å².